The lowest BCUT2D eigenvalue weighted by molar-refractivity contribution is 0.865. The molecule has 0 spiro atoms. The number of aromatic nitrogens is 7. The third-order valence-electron chi connectivity index (χ3n) is 3.84. The van der Waals surface area contributed by atoms with Gasteiger partial charge in [0.15, 0.2) is 11.6 Å². The highest BCUT2D eigenvalue weighted by Gasteiger charge is 2.09. The Balaban J connectivity index is 1.39. The Bertz CT molecular complexity index is 928. The maximum absolute atomic E-state index is 4.54. The summed E-state index contributed by atoms with van der Waals surface area (Å²) in [4.78, 5) is 13.1. The summed E-state index contributed by atoms with van der Waals surface area (Å²) in [6, 6.07) is 14.1. The first-order valence-corrected chi connectivity index (χ1v) is 8.12. The second-order valence-electron chi connectivity index (χ2n) is 5.71. The van der Waals surface area contributed by atoms with Crippen molar-refractivity contribution in [2.24, 2.45) is 0 Å². The Kier molecular flexibility index (Phi) is 4.28. The Morgan fingerprint density at radius 3 is 2.48 bits per heavy atom. The van der Waals surface area contributed by atoms with Crippen molar-refractivity contribution in [3.8, 4) is 11.4 Å². The van der Waals surface area contributed by atoms with E-state index in [2.05, 4.69) is 47.5 Å². The van der Waals surface area contributed by atoms with Crippen molar-refractivity contribution in [3.63, 3.8) is 0 Å². The standard InChI is InChI=1S/C18H17N7/c1-2-5-13(6-3-1)8-9-15-20-16(23-22-15)11-17-21-18(25-24-17)14-7-4-10-19-12-14/h1-7,10,12H,8-9,11H2,(H,20,22,23)(H,21,24,25). The molecule has 3 aromatic heterocycles. The van der Waals surface area contributed by atoms with Crippen molar-refractivity contribution >= 4 is 0 Å². The van der Waals surface area contributed by atoms with Crippen LogP contribution in [0.15, 0.2) is 54.9 Å². The van der Waals surface area contributed by atoms with Crippen molar-refractivity contribution in [2.75, 3.05) is 0 Å². The van der Waals surface area contributed by atoms with Crippen molar-refractivity contribution in [2.45, 2.75) is 19.3 Å². The molecule has 7 nitrogen and oxygen atoms in total. The maximum Gasteiger partial charge on any atom is 0.182 e. The minimum absolute atomic E-state index is 0.533. The minimum Gasteiger partial charge on any atom is -0.264 e. The SMILES string of the molecule is c1ccc(CCc2n[nH]c(Cc3nc(-c4cccnc4)n[nH]3)n2)cc1. The molecule has 0 saturated heterocycles. The van der Waals surface area contributed by atoms with E-state index in [4.69, 9.17) is 0 Å². The number of nitrogens with one attached hydrogen (secondary N) is 2. The van der Waals surface area contributed by atoms with Crippen molar-refractivity contribution in [3.05, 3.63) is 77.9 Å². The van der Waals surface area contributed by atoms with Gasteiger partial charge in [-0.3, -0.25) is 15.2 Å². The summed E-state index contributed by atoms with van der Waals surface area (Å²) in [6.45, 7) is 0. The molecule has 0 radical (unpaired) electrons. The van der Waals surface area contributed by atoms with Gasteiger partial charge in [-0.25, -0.2) is 9.97 Å². The van der Waals surface area contributed by atoms with E-state index in [0.717, 1.165) is 35.9 Å². The van der Waals surface area contributed by atoms with Gasteiger partial charge in [-0.15, -0.1) is 0 Å². The molecule has 0 aliphatic rings. The zero-order chi connectivity index (χ0) is 16.9. The quantitative estimate of drug-likeness (QED) is 0.565. The fraction of sp³-hybridized carbons (Fsp3) is 0.167. The summed E-state index contributed by atoms with van der Waals surface area (Å²) in [5, 5.41) is 14.4. The van der Waals surface area contributed by atoms with E-state index in [0.29, 0.717) is 12.2 Å². The molecule has 0 fully saturated rings. The number of hydrogen-bond acceptors (Lipinski definition) is 5. The highest BCUT2D eigenvalue weighted by atomic mass is 15.2. The van der Waals surface area contributed by atoms with Crippen LogP contribution >= 0.6 is 0 Å². The first-order valence-electron chi connectivity index (χ1n) is 8.12. The summed E-state index contributed by atoms with van der Waals surface area (Å²) in [6.07, 6.45) is 5.72. The smallest absolute Gasteiger partial charge is 0.182 e. The molecular weight excluding hydrogens is 314 g/mol. The normalized spacial score (nSPS) is 10.9. The number of aromatic amines is 2. The molecule has 1 aromatic carbocycles. The van der Waals surface area contributed by atoms with Crippen LogP contribution in [-0.2, 0) is 19.3 Å². The van der Waals surface area contributed by atoms with Gasteiger partial charge in [0.2, 0.25) is 0 Å². The highest BCUT2D eigenvalue weighted by Crippen LogP contribution is 2.13. The molecule has 124 valence electrons. The lowest BCUT2D eigenvalue weighted by Gasteiger charge is -1.96. The van der Waals surface area contributed by atoms with Gasteiger partial charge in [0, 0.05) is 24.4 Å². The molecule has 0 unspecified atom stereocenters. The first kappa shape index (κ1) is 15.2. The second-order valence-corrected chi connectivity index (χ2v) is 5.71. The summed E-state index contributed by atoms with van der Waals surface area (Å²) in [5.41, 5.74) is 2.16. The topological polar surface area (TPSA) is 96.0 Å². The van der Waals surface area contributed by atoms with Crippen LogP contribution in [0.25, 0.3) is 11.4 Å². The summed E-state index contributed by atoms with van der Waals surface area (Å²) in [7, 11) is 0. The Labute approximate surface area is 144 Å². The van der Waals surface area contributed by atoms with Crippen molar-refractivity contribution < 1.29 is 0 Å². The van der Waals surface area contributed by atoms with E-state index >= 15 is 0 Å². The predicted molar refractivity (Wildman–Crippen MR) is 92.7 cm³/mol. The number of hydrogen-bond donors (Lipinski definition) is 2. The Morgan fingerprint density at radius 2 is 1.64 bits per heavy atom. The van der Waals surface area contributed by atoms with E-state index in [1.807, 2.05) is 30.3 Å². The average molecular weight is 331 g/mol. The number of nitrogens with zero attached hydrogens (tertiary/aromatic N) is 5. The monoisotopic (exact) mass is 331 g/mol. The number of benzene rings is 1. The highest BCUT2D eigenvalue weighted by molar-refractivity contribution is 5.52. The molecule has 0 saturated carbocycles. The molecule has 4 aromatic rings. The molecule has 4 rings (SSSR count). The van der Waals surface area contributed by atoms with Crippen LogP contribution in [0.2, 0.25) is 0 Å². The fourth-order valence-electron chi connectivity index (χ4n) is 2.58. The Morgan fingerprint density at radius 1 is 0.800 bits per heavy atom. The van der Waals surface area contributed by atoms with Gasteiger partial charge in [0.25, 0.3) is 0 Å². The van der Waals surface area contributed by atoms with E-state index in [-0.39, 0.29) is 0 Å². The second kappa shape index (κ2) is 7.04. The van der Waals surface area contributed by atoms with Crippen molar-refractivity contribution in [1.82, 2.24) is 35.3 Å². The summed E-state index contributed by atoms with van der Waals surface area (Å²) >= 11 is 0. The molecule has 25 heavy (non-hydrogen) atoms. The van der Waals surface area contributed by atoms with Crippen LogP contribution in [0.1, 0.15) is 23.0 Å². The van der Waals surface area contributed by atoms with Crippen LogP contribution in [0.3, 0.4) is 0 Å². The molecule has 0 amide bonds. The molecule has 3 heterocycles. The largest absolute Gasteiger partial charge is 0.264 e. The molecular formula is C18H17N7. The minimum atomic E-state index is 0.533. The van der Waals surface area contributed by atoms with Gasteiger partial charge < -0.3 is 0 Å². The zero-order valence-electron chi connectivity index (χ0n) is 13.6. The van der Waals surface area contributed by atoms with Crippen molar-refractivity contribution in [1.29, 1.82) is 0 Å². The van der Waals surface area contributed by atoms with Gasteiger partial charge in [0.1, 0.15) is 11.6 Å². The number of aryl methyl sites for hydroxylation is 2. The predicted octanol–water partition coefficient (Wildman–Crippen LogP) is 2.36. The lowest BCUT2D eigenvalue weighted by atomic mass is 10.1. The molecule has 0 bridgehead atoms. The van der Waals surface area contributed by atoms with Gasteiger partial charge in [-0.2, -0.15) is 10.2 Å². The molecule has 0 aliphatic carbocycles. The third-order valence-corrected chi connectivity index (χ3v) is 3.84. The van der Waals surface area contributed by atoms with Gasteiger partial charge in [0.05, 0.1) is 6.42 Å². The van der Waals surface area contributed by atoms with Crippen LogP contribution in [0.4, 0.5) is 0 Å². The fourth-order valence-corrected chi connectivity index (χ4v) is 2.58. The van der Waals surface area contributed by atoms with E-state index in [1.54, 1.807) is 12.4 Å². The average Bonchev–Trinajstić information content (AvgIpc) is 3.32. The lowest BCUT2D eigenvalue weighted by Crippen LogP contribution is -1.95. The zero-order valence-corrected chi connectivity index (χ0v) is 13.6. The molecule has 0 atom stereocenters. The van der Waals surface area contributed by atoms with Gasteiger partial charge >= 0.3 is 0 Å². The van der Waals surface area contributed by atoms with Crippen LogP contribution in [0, 0.1) is 0 Å². The van der Waals surface area contributed by atoms with E-state index in [9.17, 15) is 0 Å². The van der Waals surface area contributed by atoms with E-state index in [1.165, 1.54) is 5.56 Å². The first-order chi connectivity index (χ1) is 12.4. The van der Waals surface area contributed by atoms with E-state index < -0.39 is 0 Å². The van der Waals surface area contributed by atoms with Crippen LogP contribution in [-0.4, -0.2) is 35.3 Å². The molecule has 0 aliphatic heterocycles. The number of H-pyrrole nitrogens is 2. The summed E-state index contributed by atoms with van der Waals surface area (Å²) in [5.74, 6) is 2.96. The van der Waals surface area contributed by atoms with Crippen LogP contribution < -0.4 is 0 Å². The number of rotatable bonds is 6. The molecule has 2 N–H and O–H groups in total. The Hall–Kier alpha value is -3.35. The number of pyridine rings is 1. The third kappa shape index (κ3) is 3.77. The van der Waals surface area contributed by atoms with Gasteiger partial charge in [-0.05, 0) is 24.1 Å². The molecule has 7 heteroatoms. The van der Waals surface area contributed by atoms with Crippen LogP contribution in [0.5, 0.6) is 0 Å². The van der Waals surface area contributed by atoms with Gasteiger partial charge in [-0.1, -0.05) is 30.3 Å². The summed E-state index contributed by atoms with van der Waals surface area (Å²) < 4.78 is 0. The maximum atomic E-state index is 4.54.